The maximum Gasteiger partial charge on any atom is 0.125 e. The lowest BCUT2D eigenvalue weighted by molar-refractivity contribution is 0.301. The quantitative estimate of drug-likeness (QED) is 0.561. The van der Waals surface area contributed by atoms with E-state index >= 15 is 0 Å². The van der Waals surface area contributed by atoms with Gasteiger partial charge in [0.2, 0.25) is 0 Å². The second kappa shape index (κ2) is 7.41. The Morgan fingerprint density at radius 2 is 1.83 bits per heavy atom. The van der Waals surface area contributed by atoms with Crippen LogP contribution in [0.3, 0.4) is 0 Å². The fraction of sp³-hybridized carbons (Fsp3) is 0.438. The highest BCUT2D eigenvalue weighted by atomic mass is 16.5. The predicted molar refractivity (Wildman–Crippen MR) is 73.4 cm³/mol. The van der Waals surface area contributed by atoms with Crippen molar-refractivity contribution in [2.24, 2.45) is 0 Å². The maximum absolute atomic E-state index is 8.87. The molecule has 0 bridgehead atoms. The summed E-state index contributed by atoms with van der Waals surface area (Å²) >= 11 is 0. The summed E-state index contributed by atoms with van der Waals surface area (Å²) < 4.78 is 5.79. The second-order valence-corrected chi connectivity index (χ2v) is 4.41. The van der Waals surface area contributed by atoms with Crippen LogP contribution < -0.4 is 4.74 Å². The van der Waals surface area contributed by atoms with E-state index in [2.05, 4.69) is 12.0 Å². The minimum atomic E-state index is 0.686. The van der Waals surface area contributed by atoms with Gasteiger partial charge in [0.15, 0.2) is 0 Å². The summed E-state index contributed by atoms with van der Waals surface area (Å²) in [6.45, 7) is 4.65. The second-order valence-electron chi connectivity index (χ2n) is 4.41. The molecule has 0 atom stereocenters. The summed E-state index contributed by atoms with van der Waals surface area (Å²) in [5.74, 6) is 3.54. The normalized spacial score (nSPS) is 9.56. The van der Waals surface area contributed by atoms with Gasteiger partial charge in [-0.3, -0.25) is 0 Å². The van der Waals surface area contributed by atoms with Crippen LogP contribution in [-0.4, -0.2) is 6.61 Å². The first kappa shape index (κ1) is 14.1. The number of benzene rings is 1. The van der Waals surface area contributed by atoms with E-state index in [0.29, 0.717) is 12.2 Å². The molecule has 0 aliphatic rings. The average molecular weight is 241 g/mol. The first-order valence-corrected chi connectivity index (χ1v) is 6.26. The van der Waals surface area contributed by atoms with Crippen molar-refractivity contribution in [3.63, 3.8) is 0 Å². The Labute approximate surface area is 110 Å². The zero-order chi connectivity index (χ0) is 13.4. The number of unbranched alkanes of at least 4 members (excludes halogenated alkanes) is 3. The average Bonchev–Trinajstić information content (AvgIpc) is 2.35. The van der Waals surface area contributed by atoms with Gasteiger partial charge in [0.25, 0.3) is 0 Å². The van der Waals surface area contributed by atoms with Crippen molar-refractivity contribution in [2.45, 2.75) is 39.5 Å². The van der Waals surface area contributed by atoms with E-state index in [1.165, 1.54) is 0 Å². The van der Waals surface area contributed by atoms with Crippen LogP contribution in [0, 0.1) is 37.5 Å². The van der Waals surface area contributed by atoms with Crippen molar-refractivity contribution in [3.05, 3.63) is 28.8 Å². The number of hydrogen-bond donors (Lipinski definition) is 0. The summed E-state index contributed by atoms with van der Waals surface area (Å²) in [7, 11) is 0. The molecule has 0 spiro atoms. The highest BCUT2D eigenvalue weighted by Crippen LogP contribution is 2.24. The molecule has 0 aromatic heterocycles. The van der Waals surface area contributed by atoms with Crippen LogP contribution in [0.25, 0.3) is 0 Å². The van der Waals surface area contributed by atoms with Gasteiger partial charge in [0, 0.05) is 6.42 Å². The molecule has 0 aliphatic heterocycles. The topological polar surface area (TPSA) is 33.0 Å². The Hall–Kier alpha value is -1.93. The van der Waals surface area contributed by atoms with Crippen molar-refractivity contribution < 1.29 is 4.74 Å². The first-order valence-electron chi connectivity index (χ1n) is 6.26. The molecule has 94 valence electrons. The zero-order valence-corrected chi connectivity index (χ0v) is 11.1. The third kappa shape index (κ3) is 4.15. The zero-order valence-electron chi connectivity index (χ0n) is 11.1. The Bertz CT molecular complexity index is 454. The van der Waals surface area contributed by atoms with Crippen molar-refractivity contribution >= 4 is 0 Å². The van der Waals surface area contributed by atoms with Gasteiger partial charge < -0.3 is 4.74 Å². The molecular formula is C16H19NO. The molecule has 0 aliphatic carbocycles. The Morgan fingerprint density at radius 3 is 2.39 bits per heavy atom. The van der Waals surface area contributed by atoms with Gasteiger partial charge in [-0.1, -0.05) is 0 Å². The summed E-state index contributed by atoms with van der Waals surface area (Å²) in [5.41, 5.74) is 2.73. The molecule has 2 heteroatoms. The monoisotopic (exact) mass is 241 g/mol. The van der Waals surface area contributed by atoms with Gasteiger partial charge >= 0.3 is 0 Å². The maximum atomic E-state index is 8.87. The molecule has 0 saturated carbocycles. The molecule has 0 N–H and O–H groups in total. The number of nitrogens with zero attached hydrogens (tertiary/aromatic N) is 1. The molecule has 0 fully saturated rings. The molecule has 2 nitrogen and oxygen atoms in total. The molecule has 0 heterocycles. The highest BCUT2D eigenvalue weighted by molar-refractivity contribution is 5.47. The minimum Gasteiger partial charge on any atom is -0.493 e. The number of aryl methyl sites for hydroxylation is 2. The largest absolute Gasteiger partial charge is 0.493 e. The van der Waals surface area contributed by atoms with Crippen LogP contribution in [0.5, 0.6) is 5.75 Å². The minimum absolute atomic E-state index is 0.686. The number of hydrogen-bond acceptors (Lipinski definition) is 2. The van der Waals surface area contributed by atoms with Crippen LogP contribution in [0.1, 0.15) is 42.4 Å². The number of rotatable bonds is 6. The van der Waals surface area contributed by atoms with Gasteiger partial charge in [0.1, 0.15) is 5.75 Å². The summed E-state index contributed by atoms with van der Waals surface area (Å²) in [5, 5.41) is 8.87. The van der Waals surface area contributed by atoms with Crippen LogP contribution >= 0.6 is 0 Å². The Balaban J connectivity index is 2.48. The lowest BCUT2D eigenvalue weighted by Gasteiger charge is -2.12. The number of terminal acetylenes is 1. The van der Waals surface area contributed by atoms with Gasteiger partial charge in [-0.25, -0.2) is 0 Å². The summed E-state index contributed by atoms with van der Waals surface area (Å²) in [4.78, 5) is 0. The van der Waals surface area contributed by atoms with Gasteiger partial charge in [-0.15, -0.1) is 12.3 Å². The smallest absolute Gasteiger partial charge is 0.125 e. The van der Waals surface area contributed by atoms with Crippen LogP contribution in [0.15, 0.2) is 12.1 Å². The predicted octanol–water partition coefficient (Wildman–Crippen LogP) is 3.75. The van der Waals surface area contributed by atoms with Gasteiger partial charge in [0.05, 0.1) is 18.2 Å². The Morgan fingerprint density at radius 1 is 1.17 bits per heavy atom. The van der Waals surface area contributed by atoms with Gasteiger partial charge in [-0.2, -0.15) is 5.26 Å². The third-order valence-electron chi connectivity index (χ3n) is 2.80. The standard InChI is InChI=1S/C16H19NO/c1-4-5-6-7-8-9-18-16-13(2)10-15(12-17)11-14(16)3/h1,10-11H,5-9H2,2-3H3. The molecule has 1 rings (SSSR count). The summed E-state index contributed by atoms with van der Waals surface area (Å²) in [6.07, 6.45) is 9.21. The fourth-order valence-electron chi connectivity index (χ4n) is 1.92. The molecule has 0 amide bonds. The molecule has 0 unspecified atom stereocenters. The molecular weight excluding hydrogens is 222 g/mol. The van der Waals surface area contributed by atoms with Crippen LogP contribution in [0.2, 0.25) is 0 Å². The highest BCUT2D eigenvalue weighted by Gasteiger charge is 2.06. The van der Waals surface area contributed by atoms with Crippen molar-refractivity contribution in [2.75, 3.05) is 6.61 Å². The van der Waals surface area contributed by atoms with E-state index in [-0.39, 0.29) is 0 Å². The fourth-order valence-corrected chi connectivity index (χ4v) is 1.92. The molecule has 18 heavy (non-hydrogen) atoms. The van der Waals surface area contributed by atoms with Crippen LogP contribution in [-0.2, 0) is 0 Å². The van der Waals surface area contributed by atoms with Crippen molar-refractivity contribution in [1.29, 1.82) is 5.26 Å². The lowest BCUT2D eigenvalue weighted by atomic mass is 10.1. The molecule has 0 radical (unpaired) electrons. The van der Waals surface area contributed by atoms with Crippen molar-refractivity contribution in [3.8, 4) is 24.2 Å². The number of nitriles is 1. The summed E-state index contributed by atoms with van der Waals surface area (Å²) in [6, 6.07) is 5.88. The van der Waals surface area contributed by atoms with Gasteiger partial charge in [-0.05, 0) is 56.4 Å². The van der Waals surface area contributed by atoms with Crippen molar-refractivity contribution in [1.82, 2.24) is 0 Å². The number of ether oxygens (including phenoxy) is 1. The van der Waals surface area contributed by atoms with E-state index in [4.69, 9.17) is 16.4 Å². The third-order valence-corrected chi connectivity index (χ3v) is 2.80. The molecule has 0 saturated heterocycles. The van der Waals surface area contributed by atoms with E-state index in [1.807, 2.05) is 26.0 Å². The van der Waals surface area contributed by atoms with E-state index in [0.717, 1.165) is 42.6 Å². The van der Waals surface area contributed by atoms with E-state index < -0.39 is 0 Å². The Kier molecular flexibility index (Phi) is 5.81. The molecule has 1 aromatic carbocycles. The SMILES string of the molecule is C#CCCCCCOc1c(C)cc(C#N)cc1C. The van der Waals surface area contributed by atoms with Crippen LogP contribution in [0.4, 0.5) is 0 Å². The lowest BCUT2D eigenvalue weighted by Crippen LogP contribution is -2.01. The van der Waals surface area contributed by atoms with E-state index in [9.17, 15) is 0 Å². The first-order chi connectivity index (χ1) is 8.69. The molecule has 1 aromatic rings. The van der Waals surface area contributed by atoms with E-state index in [1.54, 1.807) is 0 Å².